The van der Waals surface area contributed by atoms with E-state index >= 15 is 0 Å². The third kappa shape index (κ3) is 5.27. The second-order valence-corrected chi connectivity index (χ2v) is 11.0. The summed E-state index contributed by atoms with van der Waals surface area (Å²) in [6, 6.07) is 15.2. The van der Waals surface area contributed by atoms with E-state index in [0.717, 1.165) is 67.3 Å². The molecule has 1 fully saturated rings. The summed E-state index contributed by atoms with van der Waals surface area (Å²) in [6.45, 7) is 2.92. The number of aromatic nitrogens is 5. The molecule has 0 radical (unpaired) electrons. The molecule has 0 N–H and O–H groups in total. The van der Waals surface area contributed by atoms with Crippen molar-refractivity contribution in [3.05, 3.63) is 66.1 Å². The van der Waals surface area contributed by atoms with Crippen molar-refractivity contribution >= 4 is 23.2 Å². The first-order valence-corrected chi connectivity index (χ1v) is 14.5. The average molecular weight is 569 g/mol. The maximum absolute atomic E-state index is 14.2. The highest BCUT2D eigenvalue weighted by Crippen LogP contribution is 2.34. The van der Waals surface area contributed by atoms with Crippen LogP contribution in [0.5, 0.6) is 5.75 Å². The predicted octanol–water partition coefficient (Wildman–Crippen LogP) is 3.81. The van der Waals surface area contributed by atoms with Gasteiger partial charge in [-0.05, 0) is 94.9 Å². The molecule has 2 aromatic carbocycles. The van der Waals surface area contributed by atoms with Crippen LogP contribution in [-0.2, 0) is 17.8 Å². The van der Waals surface area contributed by atoms with E-state index in [1.165, 1.54) is 0 Å². The molecule has 2 aliphatic rings. The molecule has 6 rings (SSSR count). The van der Waals surface area contributed by atoms with Crippen LogP contribution >= 0.6 is 0 Å². The quantitative estimate of drug-likeness (QED) is 0.303. The summed E-state index contributed by atoms with van der Waals surface area (Å²) < 4.78 is 9.09. The predicted molar refractivity (Wildman–Crippen MR) is 160 cm³/mol. The summed E-state index contributed by atoms with van der Waals surface area (Å²) in [6.07, 6.45) is 5.80. The van der Waals surface area contributed by atoms with Crippen molar-refractivity contribution in [3.8, 4) is 23.0 Å². The molecule has 0 bridgehead atoms. The standard InChI is InChI=1S/C31H36N8O3/c1-35(2)17-6-18-36-21-32-33-30(36)28-26-16-20-38(23-10-8-22(9-11-23)37-19-5-4-7-27(37)40)31(41)29(26)39(34-28)24-12-14-25(42-3)15-13-24/h8-15,21H,4-7,16-20H2,1-3H3. The topological polar surface area (TPSA) is 102 Å². The van der Waals surface area contributed by atoms with E-state index in [1.807, 2.05) is 58.0 Å². The lowest BCUT2D eigenvalue weighted by Crippen LogP contribution is -2.39. The van der Waals surface area contributed by atoms with Crippen LogP contribution in [0.2, 0.25) is 0 Å². The van der Waals surface area contributed by atoms with Gasteiger partial charge in [0.2, 0.25) is 5.91 Å². The molecular weight excluding hydrogens is 532 g/mol. The Labute approximate surface area is 245 Å². The molecule has 0 spiro atoms. The van der Waals surface area contributed by atoms with Crippen LogP contribution in [-0.4, -0.2) is 82.1 Å². The summed E-state index contributed by atoms with van der Waals surface area (Å²) in [5.74, 6) is 1.40. The molecule has 0 unspecified atom stereocenters. The Morgan fingerprint density at radius 2 is 1.60 bits per heavy atom. The lowest BCUT2D eigenvalue weighted by Gasteiger charge is -2.29. The van der Waals surface area contributed by atoms with Gasteiger partial charge < -0.3 is 24.0 Å². The van der Waals surface area contributed by atoms with Crippen molar-refractivity contribution in [2.75, 3.05) is 50.6 Å². The fourth-order valence-electron chi connectivity index (χ4n) is 5.75. The molecule has 2 aromatic heterocycles. The molecule has 11 nitrogen and oxygen atoms in total. The second kappa shape index (κ2) is 11.8. The summed E-state index contributed by atoms with van der Waals surface area (Å²) in [5.41, 5.74) is 4.47. The summed E-state index contributed by atoms with van der Waals surface area (Å²) in [7, 11) is 5.73. The van der Waals surface area contributed by atoms with Gasteiger partial charge in [-0.2, -0.15) is 5.10 Å². The lowest BCUT2D eigenvalue weighted by atomic mass is 10.0. The van der Waals surface area contributed by atoms with Crippen molar-refractivity contribution in [2.24, 2.45) is 0 Å². The molecule has 11 heteroatoms. The Bertz CT molecular complexity index is 1570. The summed E-state index contributed by atoms with van der Waals surface area (Å²) >= 11 is 0. The number of ether oxygens (including phenoxy) is 1. The number of hydrogen-bond donors (Lipinski definition) is 0. The molecule has 0 saturated carbocycles. The van der Waals surface area contributed by atoms with Crippen molar-refractivity contribution in [1.29, 1.82) is 0 Å². The van der Waals surface area contributed by atoms with E-state index < -0.39 is 0 Å². The van der Waals surface area contributed by atoms with Crippen LogP contribution < -0.4 is 14.5 Å². The van der Waals surface area contributed by atoms with Gasteiger partial charge in [-0.25, -0.2) is 4.68 Å². The molecule has 4 heterocycles. The Kier molecular flexibility index (Phi) is 7.75. The van der Waals surface area contributed by atoms with Gasteiger partial charge in [0.1, 0.15) is 23.5 Å². The lowest BCUT2D eigenvalue weighted by molar-refractivity contribution is -0.119. The number of rotatable bonds is 9. The van der Waals surface area contributed by atoms with Crippen LogP contribution in [0.3, 0.4) is 0 Å². The van der Waals surface area contributed by atoms with Gasteiger partial charge in [0.05, 0.1) is 12.8 Å². The molecule has 2 aliphatic heterocycles. The van der Waals surface area contributed by atoms with Crippen molar-refractivity contribution in [3.63, 3.8) is 0 Å². The minimum atomic E-state index is -0.133. The number of carbonyl (C=O) groups is 2. The van der Waals surface area contributed by atoms with Gasteiger partial charge in [-0.1, -0.05) is 0 Å². The number of nitrogens with zero attached hydrogens (tertiary/aromatic N) is 8. The number of fused-ring (bicyclic) bond motifs is 1. The first-order chi connectivity index (χ1) is 20.4. The summed E-state index contributed by atoms with van der Waals surface area (Å²) in [4.78, 5) is 32.4. The van der Waals surface area contributed by atoms with Crippen LogP contribution in [0.25, 0.3) is 17.2 Å². The van der Waals surface area contributed by atoms with E-state index in [9.17, 15) is 9.59 Å². The number of methoxy groups -OCH3 is 1. The zero-order valence-corrected chi connectivity index (χ0v) is 24.4. The van der Waals surface area contributed by atoms with Crippen molar-refractivity contribution in [2.45, 2.75) is 38.6 Å². The third-order valence-electron chi connectivity index (χ3n) is 7.96. The molecule has 0 aliphatic carbocycles. The number of hydrogen-bond acceptors (Lipinski definition) is 7. The molecule has 1 saturated heterocycles. The molecule has 0 atom stereocenters. The molecule has 2 amide bonds. The number of amides is 2. The van der Waals surface area contributed by atoms with Gasteiger partial charge in [-0.15, -0.1) is 10.2 Å². The minimum Gasteiger partial charge on any atom is -0.497 e. The zero-order valence-electron chi connectivity index (χ0n) is 24.4. The monoisotopic (exact) mass is 568 g/mol. The van der Waals surface area contributed by atoms with Crippen LogP contribution in [0.1, 0.15) is 41.7 Å². The number of benzene rings is 2. The van der Waals surface area contributed by atoms with Gasteiger partial charge >= 0.3 is 0 Å². The van der Waals surface area contributed by atoms with E-state index in [1.54, 1.807) is 23.0 Å². The zero-order chi connectivity index (χ0) is 29.2. The maximum atomic E-state index is 14.2. The minimum absolute atomic E-state index is 0.133. The SMILES string of the molecule is COc1ccc(-n2nc(-c3nncn3CCCN(C)C)c3c2C(=O)N(c2ccc(N4CCCCC4=O)cc2)CC3)cc1. The Balaban J connectivity index is 1.36. The molecule has 4 aromatic rings. The third-order valence-corrected chi connectivity index (χ3v) is 7.96. The summed E-state index contributed by atoms with van der Waals surface area (Å²) in [5, 5.41) is 13.6. The maximum Gasteiger partial charge on any atom is 0.277 e. The smallest absolute Gasteiger partial charge is 0.277 e. The Morgan fingerprint density at radius 1 is 0.881 bits per heavy atom. The molecule has 42 heavy (non-hydrogen) atoms. The second-order valence-electron chi connectivity index (χ2n) is 11.0. The van der Waals surface area contributed by atoms with Crippen LogP contribution in [0.4, 0.5) is 11.4 Å². The highest BCUT2D eigenvalue weighted by Gasteiger charge is 2.35. The van der Waals surface area contributed by atoms with E-state index in [0.29, 0.717) is 36.6 Å². The average Bonchev–Trinajstić information content (AvgIpc) is 3.63. The van der Waals surface area contributed by atoms with Gasteiger partial charge in [0.15, 0.2) is 5.82 Å². The van der Waals surface area contributed by atoms with Gasteiger partial charge in [0, 0.05) is 43.0 Å². The first-order valence-electron chi connectivity index (χ1n) is 14.5. The molecule has 218 valence electrons. The molecular formula is C31H36N8O3. The number of aryl methyl sites for hydroxylation is 1. The highest BCUT2D eigenvalue weighted by molar-refractivity contribution is 6.08. The van der Waals surface area contributed by atoms with Gasteiger partial charge in [-0.3, -0.25) is 9.59 Å². The normalized spacial score (nSPS) is 15.4. The van der Waals surface area contributed by atoms with Crippen LogP contribution in [0, 0.1) is 0 Å². The Hall–Kier alpha value is -4.51. The first kappa shape index (κ1) is 27.6. The Morgan fingerprint density at radius 3 is 2.29 bits per heavy atom. The van der Waals surface area contributed by atoms with Crippen molar-refractivity contribution < 1.29 is 14.3 Å². The fourth-order valence-corrected chi connectivity index (χ4v) is 5.75. The van der Waals surface area contributed by atoms with E-state index in [-0.39, 0.29) is 11.8 Å². The van der Waals surface area contributed by atoms with Crippen molar-refractivity contribution in [1.82, 2.24) is 29.4 Å². The highest BCUT2D eigenvalue weighted by atomic mass is 16.5. The number of anilines is 2. The van der Waals surface area contributed by atoms with E-state index in [2.05, 4.69) is 29.2 Å². The van der Waals surface area contributed by atoms with Crippen LogP contribution in [0.15, 0.2) is 54.9 Å². The largest absolute Gasteiger partial charge is 0.497 e. The van der Waals surface area contributed by atoms with E-state index in [4.69, 9.17) is 9.84 Å². The number of carbonyl (C=O) groups excluding carboxylic acids is 2. The fraction of sp³-hybridized carbons (Fsp3) is 0.387. The number of piperidine rings is 1. The van der Waals surface area contributed by atoms with Gasteiger partial charge in [0.25, 0.3) is 5.91 Å².